The number of carbonyl (C=O) groups excluding carboxylic acids is 2. The molecule has 2 atom stereocenters. The maximum Gasteiger partial charge on any atom is 0.408 e. The highest BCUT2D eigenvalue weighted by Gasteiger charge is 2.45. The predicted octanol–water partition coefficient (Wildman–Crippen LogP) is 2.93. The molecular weight excluding hydrogens is 305 g/mol. The zero-order valence-electron chi connectivity index (χ0n) is 11.3. The number of alkyl carbamates (subject to hydrolysis) is 1. The van der Waals surface area contributed by atoms with Crippen LogP contribution in [0.1, 0.15) is 19.8 Å². The van der Waals surface area contributed by atoms with E-state index < -0.39 is 23.0 Å². The summed E-state index contributed by atoms with van der Waals surface area (Å²) in [6, 6.07) is 0. The fourth-order valence-electron chi connectivity index (χ4n) is 1.69. The van der Waals surface area contributed by atoms with E-state index in [9.17, 15) is 9.59 Å². The van der Waals surface area contributed by atoms with Crippen LogP contribution in [0.5, 0.6) is 0 Å². The molecule has 20 heavy (non-hydrogen) atoms. The molecule has 1 amide bonds. The van der Waals surface area contributed by atoms with Gasteiger partial charge in [-0.1, -0.05) is 42.6 Å². The van der Waals surface area contributed by atoms with Crippen LogP contribution in [0, 0.1) is 5.92 Å². The highest BCUT2D eigenvalue weighted by atomic mass is 35.5. The van der Waals surface area contributed by atoms with E-state index in [0.29, 0.717) is 0 Å². The second-order valence-electron chi connectivity index (χ2n) is 4.25. The number of ether oxygens (including phenoxy) is 2. The molecule has 0 aromatic rings. The van der Waals surface area contributed by atoms with Crippen LogP contribution in [0.15, 0.2) is 23.3 Å². The third-order valence-electron chi connectivity index (χ3n) is 2.75. The normalized spacial score (nSPS) is 24.8. The summed E-state index contributed by atoms with van der Waals surface area (Å²) in [4.78, 5) is 22.0. The molecule has 0 aromatic carbocycles. The fourth-order valence-corrected chi connectivity index (χ4v) is 2.44. The summed E-state index contributed by atoms with van der Waals surface area (Å²) < 4.78 is 9.63. The number of allylic oxidation sites excluding steroid dienone is 2. The first-order valence-corrected chi connectivity index (χ1v) is 6.96. The van der Waals surface area contributed by atoms with E-state index in [4.69, 9.17) is 27.9 Å². The second kappa shape index (κ2) is 7.55. The number of amides is 1. The number of unbranched alkanes of at least 4 members (excludes halogenated alkanes) is 1. The zero-order valence-corrected chi connectivity index (χ0v) is 12.8. The van der Waals surface area contributed by atoms with E-state index in [1.54, 1.807) is 6.08 Å². The fraction of sp³-hybridized carbons (Fsp3) is 0.538. The minimum absolute atomic E-state index is 0.184. The lowest BCUT2D eigenvalue weighted by atomic mass is 9.94. The van der Waals surface area contributed by atoms with Crippen molar-refractivity contribution in [2.45, 2.75) is 24.8 Å². The van der Waals surface area contributed by atoms with Crippen molar-refractivity contribution >= 4 is 35.3 Å². The van der Waals surface area contributed by atoms with Crippen LogP contribution in [0.4, 0.5) is 4.79 Å². The monoisotopic (exact) mass is 321 g/mol. The lowest BCUT2D eigenvalue weighted by molar-refractivity contribution is -0.144. The molecule has 0 radical (unpaired) electrons. The summed E-state index contributed by atoms with van der Waals surface area (Å²) in [7, 11) is 1.22. The van der Waals surface area contributed by atoms with Crippen molar-refractivity contribution in [1.82, 2.24) is 5.32 Å². The van der Waals surface area contributed by atoms with Gasteiger partial charge in [0, 0.05) is 5.03 Å². The summed E-state index contributed by atoms with van der Waals surface area (Å²) in [5.41, 5.74) is 0. The molecule has 7 heteroatoms. The minimum Gasteiger partial charge on any atom is -0.468 e. The maximum absolute atomic E-state index is 11.8. The van der Waals surface area contributed by atoms with Gasteiger partial charge in [-0.25, -0.2) is 4.79 Å². The van der Waals surface area contributed by atoms with Crippen molar-refractivity contribution in [2.24, 2.45) is 5.92 Å². The molecule has 0 saturated carbocycles. The van der Waals surface area contributed by atoms with E-state index >= 15 is 0 Å². The standard InChI is InChI=1S/C13H17Cl2NO4/c1-3-4-8-20-12(18)16-13(15)7-5-6-9(14)10(13)11(17)19-2/h5-7,10H,3-4,8H2,1-2H3,(H,16,18). The summed E-state index contributed by atoms with van der Waals surface area (Å²) in [5, 5.41) is 2.62. The molecule has 1 N–H and O–H groups in total. The first-order chi connectivity index (χ1) is 9.44. The Hall–Kier alpha value is -1.20. The first kappa shape index (κ1) is 16.9. The Morgan fingerprint density at radius 2 is 2.20 bits per heavy atom. The molecule has 0 aromatic heterocycles. The van der Waals surface area contributed by atoms with Gasteiger partial charge in [0.25, 0.3) is 0 Å². The van der Waals surface area contributed by atoms with Crippen molar-refractivity contribution in [2.75, 3.05) is 13.7 Å². The van der Waals surface area contributed by atoms with Crippen LogP contribution in [0.25, 0.3) is 0 Å². The smallest absolute Gasteiger partial charge is 0.408 e. The van der Waals surface area contributed by atoms with Crippen LogP contribution in [0.2, 0.25) is 0 Å². The average Bonchev–Trinajstić information content (AvgIpc) is 2.38. The van der Waals surface area contributed by atoms with Crippen molar-refractivity contribution in [3.05, 3.63) is 23.3 Å². The Balaban J connectivity index is 2.78. The molecule has 0 heterocycles. The third kappa shape index (κ3) is 4.15. The Bertz CT molecular complexity index is 436. The van der Waals surface area contributed by atoms with Crippen LogP contribution in [-0.2, 0) is 14.3 Å². The first-order valence-electron chi connectivity index (χ1n) is 6.21. The van der Waals surface area contributed by atoms with Crippen LogP contribution in [0.3, 0.4) is 0 Å². The quantitative estimate of drug-likeness (QED) is 0.366. The molecule has 0 saturated heterocycles. The summed E-state index contributed by atoms with van der Waals surface area (Å²) >= 11 is 12.3. The number of carbonyl (C=O) groups is 2. The summed E-state index contributed by atoms with van der Waals surface area (Å²) in [6.07, 6.45) is 5.48. The van der Waals surface area contributed by atoms with Crippen molar-refractivity contribution in [3.8, 4) is 0 Å². The molecule has 2 unspecified atom stereocenters. The van der Waals surface area contributed by atoms with Gasteiger partial charge in [-0.3, -0.25) is 10.1 Å². The minimum atomic E-state index is -1.50. The van der Waals surface area contributed by atoms with E-state index in [2.05, 4.69) is 10.1 Å². The summed E-state index contributed by atoms with van der Waals surface area (Å²) in [5.74, 6) is -1.65. The van der Waals surface area contributed by atoms with E-state index in [1.165, 1.54) is 19.3 Å². The SMILES string of the molecule is CCCCOC(=O)NC1(Cl)C=CC=C(Cl)C1C(=O)OC. The Morgan fingerprint density at radius 3 is 2.80 bits per heavy atom. The van der Waals surface area contributed by atoms with Crippen molar-refractivity contribution in [1.29, 1.82) is 0 Å². The molecule has 1 aliphatic rings. The van der Waals surface area contributed by atoms with Gasteiger partial charge in [-0.2, -0.15) is 0 Å². The molecule has 0 aliphatic heterocycles. The summed E-state index contributed by atoms with van der Waals surface area (Å²) in [6.45, 7) is 2.26. The Kier molecular flexibility index (Phi) is 6.36. The molecule has 1 rings (SSSR count). The Morgan fingerprint density at radius 1 is 1.50 bits per heavy atom. The number of hydrogen-bond donors (Lipinski definition) is 1. The van der Waals surface area contributed by atoms with Gasteiger partial charge in [0.1, 0.15) is 5.92 Å². The molecule has 0 fully saturated rings. The Labute approximate surface area is 127 Å². The maximum atomic E-state index is 11.8. The van der Waals surface area contributed by atoms with Crippen LogP contribution >= 0.6 is 23.2 Å². The zero-order chi connectivity index (χ0) is 15.2. The van der Waals surface area contributed by atoms with E-state index in [-0.39, 0.29) is 11.6 Å². The lowest BCUT2D eigenvalue weighted by Crippen LogP contribution is -2.52. The molecule has 1 aliphatic carbocycles. The molecule has 112 valence electrons. The predicted molar refractivity (Wildman–Crippen MR) is 76.6 cm³/mol. The van der Waals surface area contributed by atoms with Crippen LogP contribution in [-0.4, -0.2) is 30.8 Å². The van der Waals surface area contributed by atoms with Crippen molar-refractivity contribution in [3.63, 3.8) is 0 Å². The van der Waals surface area contributed by atoms with Gasteiger partial charge in [-0.15, -0.1) is 0 Å². The van der Waals surface area contributed by atoms with E-state index in [1.807, 2.05) is 6.92 Å². The number of rotatable bonds is 5. The highest BCUT2D eigenvalue weighted by molar-refractivity contribution is 6.35. The van der Waals surface area contributed by atoms with Gasteiger partial charge in [0.15, 0.2) is 5.00 Å². The van der Waals surface area contributed by atoms with Gasteiger partial charge in [-0.05, 0) is 18.6 Å². The number of hydrogen-bond acceptors (Lipinski definition) is 4. The van der Waals surface area contributed by atoms with Gasteiger partial charge in [0.2, 0.25) is 0 Å². The number of esters is 1. The van der Waals surface area contributed by atoms with Gasteiger partial charge in [0.05, 0.1) is 13.7 Å². The van der Waals surface area contributed by atoms with Crippen LogP contribution < -0.4 is 5.32 Å². The molecule has 0 bridgehead atoms. The van der Waals surface area contributed by atoms with Gasteiger partial charge < -0.3 is 9.47 Å². The number of methoxy groups -OCH3 is 1. The average molecular weight is 322 g/mol. The number of nitrogens with one attached hydrogen (secondary N) is 1. The highest BCUT2D eigenvalue weighted by Crippen LogP contribution is 2.36. The molecule has 0 spiro atoms. The molecular formula is C13H17Cl2NO4. The van der Waals surface area contributed by atoms with E-state index in [0.717, 1.165) is 12.8 Å². The van der Waals surface area contributed by atoms with Crippen molar-refractivity contribution < 1.29 is 19.1 Å². The second-order valence-corrected chi connectivity index (χ2v) is 5.31. The largest absolute Gasteiger partial charge is 0.468 e. The molecule has 5 nitrogen and oxygen atoms in total. The lowest BCUT2D eigenvalue weighted by Gasteiger charge is -2.33. The van der Waals surface area contributed by atoms with Gasteiger partial charge >= 0.3 is 12.1 Å². The topological polar surface area (TPSA) is 64.6 Å². The third-order valence-corrected chi connectivity index (χ3v) is 3.53. The number of alkyl halides is 1. The number of halogens is 2.